The summed E-state index contributed by atoms with van der Waals surface area (Å²) < 4.78 is 2.52. The number of aryl methyl sites for hydroxylation is 1. The monoisotopic (exact) mass is 414 g/mol. The Morgan fingerprint density at radius 2 is 2.00 bits per heavy atom. The van der Waals surface area contributed by atoms with Crippen LogP contribution in [-0.4, -0.2) is 9.97 Å². The Bertz CT molecular complexity index is 693. The molecule has 1 aromatic heterocycles. The predicted molar refractivity (Wildman–Crippen MR) is 93.5 cm³/mol. The number of aromatic nitrogens is 2. The lowest BCUT2D eigenvalue weighted by atomic mass is 10.1. The van der Waals surface area contributed by atoms with Crippen LogP contribution in [0.3, 0.4) is 0 Å². The Morgan fingerprint density at radius 1 is 1.30 bits per heavy atom. The molecule has 1 aromatic carbocycles. The highest BCUT2D eigenvalue weighted by Gasteiger charge is 2.11. The minimum Gasteiger partial charge on any atom is -0.342 e. The molecule has 20 heavy (non-hydrogen) atoms. The van der Waals surface area contributed by atoms with Crippen LogP contribution in [0.1, 0.15) is 25.1 Å². The van der Waals surface area contributed by atoms with Crippen LogP contribution in [0.25, 0.3) is 11.4 Å². The number of nitrogens with one attached hydrogen (secondary N) is 1. The average Bonchev–Trinajstić information content (AvgIpc) is 2.34. The summed E-state index contributed by atoms with van der Waals surface area (Å²) in [5.41, 5.74) is 3.33. The van der Waals surface area contributed by atoms with Gasteiger partial charge in [0.2, 0.25) is 0 Å². The van der Waals surface area contributed by atoms with Crippen molar-refractivity contribution in [3.05, 3.63) is 43.0 Å². The Kier molecular flexibility index (Phi) is 5.15. The first-order valence-electron chi connectivity index (χ1n) is 6.43. The fourth-order valence-electron chi connectivity index (χ4n) is 1.99. The van der Waals surface area contributed by atoms with Gasteiger partial charge in [-0.1, -0.05) is 48.1 Å². The lowest BCUT2D eigenvalue weighted by molar-refractivity contribution is 0.632. The summed E-state index contributed by atoms with van der Waals surface area (Å²) in [6, 6.07) is 6.21. The van der Waals surface area contributed by atoms with E-state index in [2.05, 4.69) is 80.8 Å². The van der Waals surface area contributed by atoms with Crippen molar-refractivity contribution in [3.8, 4) is 11.4 Å². The summed E-state index contributed by atoms with van der Waals surface area (Å²) >= 11 is 12.5. The molecule has 0 saturated carbocycles. The number of aromatic amines is 1. The van der Waals surface area contributed by atoms with E-state index in [4.69, 9.17) is 12.2 Å². The van der Waals surface area contributed by atoms with Gasteiger partial charge in [0.15, 0.2) is 0 Å². The molecule has 0 bridgehead atoms. The second kappa shape index (κ2) is 6.50. The van der Waals surface area contributed by atoms with Gasteiger partial charge in [0.05, 0.1) is 4.47 Å². The quantitative estimate of drug-likeness (QED) is 0.638. The first kappa shape index (κ1) is 15.9. The molecular weight excluding hydrogens is 400 g/mol. The highest BCUT2D eigenvalue weighted by molar-refractivity contribution is 9.11. The average molecular weight is 416 g/mol. The van der Waals surface area contributed by atoms with Crippen LogP contribution >= 0.6 is 44.1 Å². The minimum absolute atomic E-state index is 0.550. The van der Waals surface area contributed by atoms with Crippen LogP contribution in [-0.2, 0) is 6.42 Å². The van der Waals surface area contributed by atoms with Crippen molar-refractivity contribution in [3.63, 3.8) is 0 Å². The third-order valence-corrected chi connectivity index (χ3v) is 5.00. The van der Waals surface area contributed by atoms with E-state index in [1.807, 2.05) is 0 Å². The van der Waals surface area contributed by atoms with Crippen molar-refractivity contribution in [1.82, 2.24) is 9.97 Å². The molecule has 0 atom stereocenters. The molecule has 0 amide bonds. The Labute approximate surface area is 141 Å². The van der Waals surface area contributed by atoms with Gasteiger partial charge in [-0.3, -0.25) is 0 Å². The number of nitrogens with zero attached hydrogens (tertiary/aromatic N) is 1. The predicted octanol–water partition coefficient (Wildman–Crippen LogP) is 5.84. The Balaban J connectivity index is 2.57. The standard InChI is InChI=1S/C15H16Br2N2S/c1-8(2)6-12-13(17)15(20)19-14(18-12)10-5-4-9(3)7-11(10)16/h4-5,7-8H,6H2,1-3H3,(H,18,19,20). The zero-order valence-corrected chi connectivity index (χ0v) is 15.6. The van der Waals surface area contributed by atoms with E-state index in [1.165, 1.54) is 5.56 Å². The molecule has 0 unspecified atom stereocenters. The van der Waals surface area contributed by atoms with Crippen LogP contribution in [0.15, 0.2) is 27.1 Å². The minimum atomic E-state index is 0.550. The molecule has 106 valence electrons. The smallest absolute Gasteiger partial charge is 0.144 e. The van der Waals surface area contributed by atoms with Crippen LogP contribution < -0.4 is 0 Å². The number of hydrogen-bond acceptors (Lipinski definition) is 2. The summed E-state index contributed by atoms with van der Waals surface area (Å²) in [6.07, 6.45) is 0.934. The van der Waals surface area contributed by atoms with Crippen LogP contribution in [0, 0.1) is 17.5 Å². The Hall–Kier alpha value is -0.520. The van der Waals surface area contributed by atoms with Crippen molar-refractivity contribution in [2.24, 2.45) is 5.92 Å². The third kappa shape index (κ3) is 3.57. The van der Waals surface area contributed by atoms with Crippen LogP contribution in [0.5, 0.6) is 0 Å². The molecule has 0 aliphatic heterocycles. The van der Waals surface area contributed by atoms with Crippen molar-refractivity contribution in [2.45, 2.75) is 27.2 Å². The van der Waals surface area contributed by atoms with E-state index in [0.29, 0.717) is 10.6 Å². The SMILES string of the molecule is Cc1ccc(-c2nc(=S)c(Br)c(CC(C)C)[nH]2)c(Br)c1. The number of benzene rings is 1. The van der Waals surface area contributed by atoms with Gasteiger partial charge in [0.1, 0.15) is 10.5 Å². The van der Waals surface area contributed by atoms with Gasteiger partial charge in [0.25, 0.3) is 0 Å². The highest BCUT2D eigenvalue weighted by atomic mass is 79.9. The summed E-state index contributed by atoms with van der Waals surface area (Å²) in [5.74, 6) is 1.36. The molecule has 0 saturated heterocycles. The molecule has 1 heterocycles. The van der Waals surface area contributed by atoms with Gasteiger partial charge < -0.3 is 4.98 Å². The molecule has 2 nitrogen and oxygen atoms in total. The molecule has 1 N–H and O–H groups in total. The fourth-order valence-corrected chi connectivity index (χ4v) is 3.24. The maximum atomic E-state index is 5.36. The van der Waals surface area contributed by atoms with Gasteiger partial charge >= 0.3 is 0 Å². The summed E-state index contributed by atoms with van der Waals surface area (Å²) in [7, 11) is 0. The molecule has 0 aliphatic carbocycles. The van der Waals surface area contributed by atoms with Gasteiger partial charge in [-0.2, -0.15) is 0 Å². The van der Waals surface area contributed by atoms with E-state index < -0.39 is 0 Å². The summed E-state index contributed by atoms with van der Waals surface area (Å²) in [4.78, 5) is 7.89. The van der Waals surface area contributed by atoms with Gasteiger partial charge in [0, 0.05) is 15.7 Å². The zero-order chi connectivity index (χ0) is 14.9. The van der Waals surface area contributed by atoms with Crippen molar-refractivity contribution >= 4 is 44.1 Å². The van der Waals surface area contributed by atoms with Crippen molar-refractivity contribution in [2.75, 3.05) is 0 Å². The highest BCUT2D eigenvalue weighted by Crippen LogP contribution is 2.29. The lowest BCUT2D eigenvalue weighted by Gasteiger charge is -2.12. The number of rotatable bonds is 3. The maximum absolute atomic E-state index is 5.36. The van der Waals surface area contributed by atoms with E-state index in [1.54, 1.807) is 0 Å². The second-order valence-corrected chi connectivity index (χ2v) is 7.30. The molecule has 0 aliphatic rings. The van der Waals surface area contributed by atoms with E-state index in [0.717, 1.165) is 32.4 Å². The van der Waals surface area contributed by atoms with Crippen molar-refractivity contribution < 1.29 is 0 Å². The summed E-state index contributed by atoms with van der Waals surface area (Å²) in [5, 5.41) is 0. The molecule has 5 heteroatoms. The van der Waals surface area contributed by atoms with Gasteiger partial charge in [-0.05, 0) is 52.9 Å². The van der Waals surface area contributed by atoms with E-state index in [9.17, 15) is 0 Å². The first-order valence-corrected chi connectivity index (χ1v) is 8.43. The normalized spacial score (nSPS) is 11.1. The summed E-state index contributed by atoms with van der Waals surface area (Å²) in [6.45, 7) is 6.44. The molecule has 0 radical (unpaired) electrons. The zero-order valence-electron chi connectivity index (χ0n) is 11.6. The topological polar surface area (TPSA) is 28.7 Å². The largest absolute Gasteiger partial charge is 0.342 e. The Morgan fingerprint density at radius 3 is 2.60 bits per heavy atom. The molecule has 0 spiro atoms. The van der Waals surface area contributed by atoms with E-state index in [-0.39, 0.29) is 0 Å². The maximum Gasteiger partial charge on any atom is 0.144 e. The third-order valence-electron chi connectivity index (χ3n) is 2.93. The molecule has 2 rings (SSSR count). The second-order valence-electron chi connectivity index (χ2n) is 5.26. The number of halogens is 2. The van der Waals surface area contributed by atoms with Crippen LogP contribution in [0.4, 0.5) is 0 Å². The number of hydrogen-bond donors (Lipinski definition) is 1. The lowest BCUT2D eigenvalue weighted by Crippen LogP contribution is -2.03. The van der Waals surface area contributed by atoms with E-state index >= 15 is 0 Å². The van der Waals surface area contributed by atoms with Gasteiger partial charge in [-0.25, -0.2) is 4.98 Å². The first-order chi connectivity index (χ1) is 9.38. The molecule has 2 aromatic rings. The number of H-pyrrole nitrogens is 1. The fraction of sp³-hybridized carbons (Fsp3) is 0.333. The molecular formula is C15H16Br2N2S. The van der Waals surface area contributed by atoms with Crippen LogP contribution in [0.2, 0.25) is 0 Å². The van der Waals surface area contributed by atoms with Gasteiger partial charge in [-0.15, -0.1) is 0 Å². The molecule has 0 fully saturated rings. The van der Waals surface area contributed by atoms with Crippen molar-refractivity contribution in [1.29, 1.82) is 0 Å².